The zero-order valence-corrected chi connectivity index (χ0v) is 16.3. The van der Waals surface area contributed by atoms with E-state index in [-0.39, 0.29) is 24.1 Å². The van der Waals surface area contributed by atoms with Crippen molar-refractivity contribution in [3.8, 4) is 0 Å². The van der Waals surface area contributed by atoms with Gasteiger partial charge in [-0.25, -0.2) is 9.78 Å². The minimum atomic E-state index is -0.384. The van der Waals surface area contributed by atoms with Crippen molar-refractivity contribution in [2.24, 2.45) is 0 Å². The van der Waals surface area contributed by atoms with Gasteiger partial charge in [-0.05, 0) is 36.8 Å². The van der Waals surface area contributed by atoms with Gasteiger partial charge in [-0.3, -0.25) is 5.41 Å². The largest absolute Gasteiger partial charge is 0.510 e. The van der Waals surface area contributed by atoms with E-state index >= 15 is 0 Å². The molecule has 0 bridgehead atoms. The fourth-order valence-corrected chi connectivity index (χ4v) is 3.67. The number of aliphatic hydroxyl groups is 1. The molecule has 0 fully saturated rings. The minimum Gasteiger partial charge on any atom is -0.510 e. The Kier molecular flexibility index (Phi) is 4.80. The van der Waals surface area contributed by atoms with Crippen LogP contribution in [-0.4, -0.2) is 45.0 Å². The summed E-state index contributed by atoms with van der Waals surface area (Å²) in [5, 5.41) is 19.3. The van der Waals surface area contributed by atoms with E-state index in [4.69, 9.17) is 10.1 Å². The molecule has 7 heteroatoms. The Bertz CT molecular complexity index is 1130. The molecule has 0 atom stereocenters. The topological polar surface area (TPSA) is 91.4 Å². The molecule has 29 heavy (non-hydrogen) atoms. The number of rotatable bonds is 5. The van der Waals surface area contributed by atoms with Crippen LogP contribution in [0.1, 0.15) is 28.7 Å². The van der Waals surface area contributed by atoms with Crippen LogP contribution >= 0.6 is 0 Å². The quantitative estimate of drug-likeness (QED) is 0.650. The van der Waals surface area contributed by atoms with Gasteiger partial charge < -0.3 is 19.3 Å². The molecule has 0 spiro atoms. The molecule has 2 aromatic carbocycles. The van der Waals surface area contributed by atoms with Crippen LogP contribution in [0, 0.1) is 5.41 Å². The molecule has 0 radical (unpaired) electrons. The van der Waals surface area contributed by atoms with E-state index in [2.05, 4.69) is 4.98 Å². The number of aromatic nitrogens is 2. The van der Waals surface area contributed by atoms with Crippen LogP contribution in [0.25, 0.3) is 16.6 Å². The Hall–Kier alpha value is -3.61. The first-order valence-electron chi connectivity index (χ1n) is 9.42. The first-order chi connectivity index (χ1) is 14.0. The van der Waals surface area contributed by atoms with Crippen molar-refractivity contribution in [2.75, 3.05) is 13.7 Å². The maximum Gasteiger partial charge on any atom is 0.337 e. The van der Waals surface area contributed by atoms with Gasteiger partial charge >= 0.3 is 5.97 Å². The molecule has 4 rings (SSSR count). The van der Waals surface area contributed by atoms with Gasteiger partial charge in [0.15, 0.2) is 0 Å². The number of aliphatic hydroxyl groups excluding tert-OH is 1. The first-order valence-corrected chi connectivity index (χ1v) is 9.42. The predicted octanol–water partition coefficient (Wildman–Crippen LogP) is 3.60. The third-order valence-corrected chi connectivity index (χ3v) is 5.13. The number of hydrogen-bond donors (Lipinski definition) is 2. The SMILES string of the molecule is CCn1c(C2=C(O)CN(Cc3ccc(C(=O)OC)cc3)C2=N)nc2ccccc21. The lowest BCUT2D eigenvalue weighted by atomic mass is 10.1. The van der Waals surface area contributed by atoms with E-state index in [9.17, 15) is 9.90 Å². The zero-order valence-electron chi connectivity index (χ0n) is 16.3. The van der Waals surface area contributed by atoms with Crippen LogP contribution in [0.2, 0.25) is 0 Å². The predicted molar refractivity (Wildman–Crippen MR) is 111 cm³/mol. The fourth-order valence-electron chi connectivity index (χ4n) is 3.67. The fraction of sp³-hybridized carbons (Fsp3) is 0.227. The molecule has 2 N–H and O–H groups in total. The summed E-state index contributed by atoms with van der Waals surface area (Å²) in [6.45, 7) is 3.41. The summed E-state index contributed by atoms with van der Waals surface area (Å²) in [6.07, 6.45) is 0. The number of hydrogen-bond acceptors (Lipinski definition) is 5. The molecule has 3 aromatic rings. The minimum absolute atomic E-state index is 0.145. The van der Waals surface area contributed by atoms with Crippen molar-refractivity contribution >= 4 is 28.4 Å². The third kappa shape index (κ3) is 3.24. The van der Waals surface area contributed by atoms with Crippen LogP contribution in [-0.2, 0) is 17.8 Å². The Morgan fingerprint density at radius 1 is 1.21 bits per heavy atom. The number of esters is 1. The highest BCUT2D eigenvalue weighted by atomic mass is 16.5. The number of para-hydroxylation sites is 2. The van der Waals surface area contributed by atoms with Crippen molar-refractivity contribution in [2.45, 2.75) is 20.0 Å². The van der Waals surface area contributed by atoms with E-state index in [1.807, 2.05) is 47.9 Å². The highest BCUT2D eigenvalue weighted by Gasteiger charge is 2.31. The summed E-state index contributed by atoms with van der Waals surface area (Å²) in [4.78, 5) is 18.0. The second-order valence-corrected chi connectivity index (χ2v) is 6.88. The summed E-state index contributed by atoms with van der Waals surface area (Å²) in [5.41, 5.74) is 3.70. The molecule has 7 nitrogen and oxygen atoms in total. The summed E-state index contributed by atoms with van der Waals surface area (Å²) >= 11 is 0. The standard InChI is InChI=1S/C22H22N4O3/c1-3-26-17-7-5-4-6-16(17)24-21(26)19-18(27)13-25(20(19)23)12-14-8-10-15(11-9-14)22(28)29-2/h4-11,23,27H,3,12-13H2,1-2H3. The van der Waals surface area contributed by atoms with Gasteiger partial charge in [-0.2, -0.15) is 0 Å². The van der Waals surface area contributed by atoms with E-state index in [0.29, 0.717) is 30.1 Å². The lowest BCUT2D eigenvalue weighted by molar-refractivity contribution is 0.0600. The number of imidazole rings is 1. The Balaban J connectivity index is 1.60. The van der Waals surface area contributed by atoms with E-state index in [1.165, 1.54) is 7.11 Å². The number of nitrogens with one attached hydrogen (secondary N) is 1. The summed E-state index contributed by atoms with van der Waals surface area (Å²) in [5.74, 6) is 0.612. The molecule has 0 unspecified atom stereocenters. The molecule has 0 amide bonds. The van der Waals surface area contributed by atoms with Gasteiger partial charge in [0.25, 0.3) is 0 Å². The number of aryl methyl sites for hydroxylation is 1. The molecule has 1 aliphatic rings. The van der Waals surface area contributed by atoms with Gasteiger partial charge in [0, 0.05) is 13.1 Å². The summed E-state index contributed by atoms with van der Waals surface area (Å²) in [6, 6.07) is 14.9. The number of methoxy groups -OCH3 is 1. The van der Waals surface area contributed by atoms with E-state index < -0.39 is 0 Å². The first kappa shape index (κ1) is 18.7. The average Bonchev–Trinajstić information content (AvgIpc) is 3.23. The molecule has 148 valence electrons. The highest BCUT2D eigenvalue weighted by Crippen LogP contribution is 2.30. The van der Waals surface area contributed by atoms with Crippen molar-refractivity contribution in [3.63, 3.8) is 0 Å². The number of nitrogens with zero attached hydrogens (tertiary/aromatic N) is 3. The molecule has 0 saturated carbocycles. The monoisotopic (exact) mass is 390 g/mol. The molecule has 0 aliphatic carbocycles. The second kappa shape index (κ2) is 7.43. The Morgan fingerprint density at radius 2 is 1.93 bits per heavy atom. The van der Waals surface area contributed by atoms with Gasteiger partial charge in [0.05, 0.1) is 35.8 Å². The maximum absolute atomic E-state index is 11.6. The number of benzene rings is 2. The summed E-state index contributed by atoms with van der Waals surface area (Å²) < 4.78 is 6.74. The zero-order chi connectivity index (χ0) is 20.5. The Labute approximate surface area is 168 Å². The van der Waals surface area contributed by atoms with Crippen molar-refractivity contribution in [1.82, 2.24) is 14.5 Å². The number of amidine groups is 1. The van der Waals surface area contributed by atoms with Crippen molar-refractivity contribution in [3.05, 3.63) is 71.2 Å². The van der Waals surface area contributed by atoms with Crippen molar-refractivity contribution < 1.29 is 14.6 Å². The molecular weight excluding hydrogens is 368 g/mol. The van der Waals surface area contributed by atoms with Gasteiger partial charge in [-0.1, -0.05) is 24.3 Å². The van der Waals surface area contributed by atoms with Gasteiger partial charge in [0.1, 0.15) is 17.4 Å². The van der Waals surface area contributed by atoms with Crippen LogP contribution < -0.4 is 0 Å². The number of carbonyl (C=O) groups excluding carboxylic acids is 1. The van der Waals surface area contributed by atoms with E-state index in [0.717, 1.165) is 16.6 Å². The lowest BCUT2D eigenvalue weighted by Crippen LogP contribution is -2.26. The molecule has 2 heterocycles. The van der Waals surface area contributed by atoms with Gasteiger partial charge in [0.2, 0.25) is 0 Å². The maximum atomic E-state index is 11.6. The normalized spacial score (nSPS) is 14.1. The van der Waals surface area contributed by atoms with Crippen LogP contribution in [0.5, 0.6) is 0 Å². The second-order valence-electron chi connectivity index (χ2n) is 6.88. The van der Waals surface area contributed by atoms with Crippen LogP contribution in [0.15, 0.2) is 54.3 Å². The number of fused-ring (bicyclic) bond motifs is 1. The van der Waals surface area contributed by atoms with Crippen LogP contribution in [0.3, 0.4) is 0 Å². The Morgan fingerprint density at radius 3 is 2.62 bits per heavy atom. The van der Waals surface area contributed by atoms with Gasteiger partial charge in [-0.15, -0.1) is 0 Å². The highest BCUT2D eigenvalue weighted by molar-refractivity contribution is 6.23. The van der Waals surface area contributed by atoms with E-state index in [1.54, 1.807) is 17.0 Å². The third-order valence-electron chi connectivity index (χ3n) is 5.13. The van der Waals surface area contributed by atoms with Crippen molar-refractivity contribution in [1.29, 1.82) is 5.41 Å². The molecule has 1 aromatic heterocycles. The molecule has 0 saturated heterocycles. The molecule has 1 aliphatic heterocycles. The lowest BCUT2D eigenvalue weighted by Gasteiger charge is -2.19. The average molecular weight is 390 g/mol. The van der Waals surface area contributed by atoms with Crippen LogP contribution in [0.4, 0.5) is 0 Å². The smallest absolute Gasteiger partial charge is 0.337 e. The summed E-state index contributed by atoms with van der Waals surface area (Å²) in [7, 11) is 1.35. The number of ether oxygens (including phenoxy) is 1. The number of carbonyl (C=O) groups is 1. The molecular formula is C22H22N4O3.